The highest BCUT2D eigenvalue weighted by Crippen LogP contribution is 2.31. The number of methoxy groups -OCH3 is 1. The van der Waals surface area contributed by atoms with Crippen LogP contribution in [-0.2, 0) is 0 Å². The third-order valence-electron chi connectivity index (χ3n) is 2.84. The SMILES string of the molecule is COc1ccc(Cl)cc1C(=O)Nc1nnc(-c2ccc(Br)s2)o1. The molecule has 0 unspecified atom stereocenters. The predicted molar refractivity (Wildman–Crippen MR) is 91.3 cm³/mol. The first-order valence-electron chi connectivity index (χ1n) is 6.31. The van der Waals surface area contributed by atoms with Crippen LogP contribution in [-0.4, -0.2) is 23.2 Å². The van der Waals surface area contributed by atoms with Gasteiger partial charge in [-0.1, -0.05) is 16.7 Å². The molecular formula is C14H9BrClN3O3S. The summed E-state index contributed by atoms with van der Waals surface area (Å²) in [5, 5.41) is 10.7. The number of nitrogens with zero attached hydrogens (tertiary/aromatic N) is 2. The van der Waals surface area contributed by atoms with E-state index < -0.39 is 5.91 Å². The molecule has 2 aromatic heterocycles. The number of amides is 1. The molecule has 0 saturated heterocycles. The molecule has 0 bridgehead atoms. The molecule has 1 amide bonds. The fourth-order valence-electron chi connectivity index (χ4n) is 1.82. The van der Waals surface area contributed by atoms with E-state index in [0.717, 1.165) is 8.66 Å². The largest absolute Gasteiger partial charge is 0.496 e. The number of halogens is 2. The predicted octanol–water partition coefficient (Wildman–Crippen LogP) is 4.47. The van der Waals surface area contributed by atoms with E-state index in [1.807, 2.05) is 12.1 Å². The Morgan fingerprint density at radius 3 is 2.87 bits per heavy atom. The Morgan fingerprint density at radius 1 is 1.35 bits per heavy atom. The lowest BCUT2D eigenvalue weighted by atomic mass is 10.2. The first kappa shape index (κ1) is 16.0. The van der Waals surface area contributed by atoms with Crippen LogP contribution in [0.15, 0.2) is 38.5 Å². The van der Waals surface area contributed by atoms with E-state index in [4.69, 9.17) is 20.8 Å². The van der Waals surface area contributed by atoms with Crippen LogP contribution in [0, 0.1) is 0 Å². The summed E-state index contributed by atoms with van der Waals surface area (Å²) >= 11 is 10.7. The number of aromatic nitrogens is 2. The number of carbonyl (C=O) groups is 1. The molecule has 23 heavy (non-hydrogen) atoms. The maximum atomic E-state index is 12.3. The molecule has 0 aliphatic carbocycles. The number of thiophene rings is 1. The molecule has 118 valence electrons. The topological polar surface area (TPSA) is 77.2 Å². The molecule has 0 saturated carbocycles. The standard InChI is InChI=1S/C14H9BrClN3O3S/c1-21-9-3-2-7(16)6-8(9)12(20)17-14-19-18-13(22-14)10-4-5-11(15)23-10/h2-6H,1H3,(H,17,19,20). The minimum atomic E-state index is -0.452. The number of hydrogen-bond donors (Lipinski definition) is 1. The molecule has 0 fully saturated rings. The molecule has 3 aromatic rings. The van der Waals surface area contributed by atoms with Crippen molar-refractivity contribution in [2.45, 2.75) is 0 Å². The Balaban J connectivity index is 1.81. The third kappa shape index (κ3) is 3.54. The van der Waals surface area contributed by atoms with E-state index in [1.54, 1.807) is 12.1 Å². The quantitative estimate of drug-likeness (QED) is 0.681. The summed E-state index contributed by atoms with van der Waals surface area (Å²) in [6, 6.07) is 8.46. The van der Waals surface area contributed by atoms with Gasteiger partial charge in [0.05, 0.1) is 21.3 Å². The maximum Gasteiger partial charge on any atom is 0.322 e. The monoisotopic (exact) mass is 413 g/mol. The van der Waals surface area contributed by atoms with Crippen molar-refractivity contribution in [2.75, 3.05) is 12.4 Å². The van der Waals surface area contributed by atoms with Crippen LogP contribution < -0.4 is 10.1 Å². The minimum absolute atomic E-state index is 0.00319. The smallest absolute Gasteiger partial charge is 0.322 e. The highest BCUT2D eigenvalue weighted by Gasteiger charge is 2.17. The van der Waals surface area contributed by atoms with Crippen molar-refractivity contribution in [3.63, 3.8) is 0 Å². The zero-order valence-corrected chi connectivity index (χ0v) is 14.8. The Labute approximate surface area is 148 Å². The molecule has 2 heterocycles. The number of rotatable bonds is 4. The summed E-state index contributed by atoms with van der Waals surface area (Å²) in [6.45, 7) is 0. The lowest BCUT2D eigenvalue weighted by Crippen LogP contribution is -2.13. The van der Waals surface area contributed by atoms with E-state index in [-0.39, 0.29) is 11.6 Å². The number of anilines is 1. The molecule has 1 aromatic carbocycles. The van der Waals surface area contributed by atoms with Crippen molar-refractivity contribution in [3.05, 3.63) is 44.7 Å². The van der Waals surface area contributed by atoms with Gasteiger partial charge >= 0.3 is 6.01 Å². The number of hydrogen-bond acceptors (Lipinski definition) is 6. The summed E-state index contributed by atoms with van der Waals surface area (Å²) in [4.78, 5) is 13.1. The van der Waals surface area contributed by atoms with E-state index in [2.05, 4.69) is 31.4 Å². The van der Waals surface area contributed by atoms with Crippen LogP contribution in [0.4, 0.5) is 6.01 Å². The van der Waals surface area contributed by atoms with E-state index in [0.29, 0.717) is 16.7 Å². The van der Waals surface area contributed by atoms with Gasteiger partial charge in [-0.05, 0) is 46.3 Å². The minimum Gasteiger partial charge on any atom is -0.496 e. The Bertz CT molecular complexity index is 865. The van der Waals surface area contributed by atoms with Gasteiger partial charge in [0.25, 0.3) is 11.8 Å². The van der Waals surface area contributed by atoms with Crippen LogP contribution in [0.1, 0.15) is 10.4 Å². The summed E-state index contributed by atoms with van der Waals surface area (Å²) in [5.41, 5.74) is 0.276. The molecule has 0 aliphatic heterocycles. The van der Waals surface area contributed by atoms with Gasteiger partial charge in [0, 0.05) is 5.02 Å². The zero-order valence-electron chi connectivity index (χ0n) is 11.7. The van der Waals surface area contributed by atoms with Gasteiger partial charge in [-0.25, -0.2) is 0 Å². The van der Waals surface area contributed by atoms with Gasteiger partial charge in [-0.3, -0.25) is 10.1 Å². The first-order valence-corrected chi connectivity index (χ1v) is 8.29. The first-order chi connectivity index (χ1) is 11.1. The molecule has 0 aliphatic rings. The Hall–Kier alpha value is -1.90. The molecule has 0 spiro atoms. The van der Waals surface area contributed by atoms with Crippen LogP contribution >= 0.6 is 38.9 Å². The van der Waals surface area contributed by atoms with Crippen molar-refractivity contribution >= 4 is 50.8 Å². The number of ether oxygens (including phenoxy) is 1. The highest BCUT2D eigenvalue weighted by molar-refractivity contribution is 9.11. The molecule has 6 nitrogen and oxygen atoms in total. The number of benzene rings is 1. The molecule has 0 radical (unpaired) electrons. The summed E-state index contributed by atoms with van der Waals surface area (Å²) in [7, 11) is 1.47. The highest BCUT2D eigenvalue weighted by atomic mass is 79.9. The average Bonchev–Trinajstić information content (AvgIpc) is 3.16. The van der Waals surface area contributed by atoms with Gasteiger partial charge < -0.3 is 9.15 Å². The van der Waals surface area contributed by atoms with E-state index in [9.17, 15) is 4.79 Å². The van der Waals surface area contributed by atoms with E-state index >= 15 is 0 Å². The van der Waals surface area contributed by atoms with Crippen molar-refractivity contribution in [1.29, 1.82) is 0 Å². The number of nitrogens with one attached hydrogen (secondary N) is 1. The summed E-state index contributed by atoms with van der Waals surface area (Å²) in [5.74, 6) is 0.273. The zero-order chi connectivity index (χ0) is 16.4. The van der Waals surface area contributed by atoms with Crippen LogP contribution in [0.3, 0.4) is 0 Å². The van der Waals surface area contributed by atoms with Crippen molar-refractivity contribution < 1.29 is 13.9 Å². The summed E-state index contributed by atoms with van der Waals surface area (Å²) < 4.78 is 11.5. The molecule has 1 N–H and O–H groups in total. The Kier molecular flexibility index (Phi) is 4.65. The maximum absolute atomic E-state index is 12.3. The second kappa shape index (κ2) is 6.69. The third-order valence-corrected chi connectivity index (χ3v) is 4.68. The normalized spacial score (nSPS) is 10.6. The van der Waals surface area contributed by atoms with Gasteiger partial charge in [0.2, 0.25) is 0 Å². The van der Waals surface area contributed by atoms with Gasteiger partial charge in [0.15, 0.2) is 0 Å². The Morgan fingerprint density at radius 2 is 2.17 bits per heavy atom. The second-order valence-electron chi connectivity index (χ2n) is 4.31. The summed E-state index contributed by atoms with van der Waals surface area (Å²) in [6.07, 6.45) is 0. The second-order valence-corrected chi connectivity index (χ2v) is 7.21. The lowest BCUT2D eigenvalue weighted by Gasteiger charge is -2.07. The number of carbonyl (C=O) groups excluding carboxylic acids is 1. The molecular weight excluding hydrogens is 406 g/mol. The van der Waals surface area contributed by atoms with Crippen molar-refractivity contribution in [1.82, 2.24) is 10.2 Å². The van der Waals surface area contributed by atoms with Gasteiger partial charge in [0.1, 0.15) is 5.75 Å². The van der Waals surface area contributed by atoms with Crippen LogP contribution in [0.5, 0.6) is 5.75 Å². The molecule has 0 atom stereocenters. The molecule has 3 rings (SSSR count). The van der Waals surface area contributed by atoms with Crippen LogP contribution in [0.25, 0.3) is 10.8 Å². The fourth-order valence-corrected chi connectivity index (χ4v) is 3.30. The van der Waals surface area contributed by atoms with Crippen molar-refractivity contribution in [3.8, 4) is 16.5 Å². The van der Waals surface area contributed by atoms with E-state index in [1.165, 1.54) is 24.5 Å². The van der Waals surface area contributed by atoms with Gasteiger partial charge in [-0.2, -0.15) is 0 Å². The average molecular weight is 415 g/mol. The lowest BCUT2D eigenvalue weighted by molar-refractivity contribution is 0.102. The molecule has 9 heteroatoms. The van der Waals surface area contributed by atoms with Crippen molar-refractivity contribution in [2.24, 2.45) is 0 Å². The van der Waals surface area contributed by atoms with Gasteiger partial charge in [-0.15, -0.1) is 16.4 Å². The fraction of sp³-hybridized carbons (Fsp3) is 0.0714. The van der Waals surface area contributed by atoms with Crippen LogP contribution in [0.2, 0.25) is 5.02 Å².